The first-order chi connectivity index (χ1) is 11.7. The molecule has 1 amide bonds. The molecule has 0 saturated carbocycles. The summed E-state index contributed by atoms with van der Waals surface area (Å²) in [7, 11) is 0. The first-order valence-corrected chi connectivity index (χ1v) is 7.99. The van der Waals surface area contributed by atoms with Crippen LogP contribution in [0.2, 0.25) is 5.02 Å². The van der Waals surface area contributed by atoms with E-state index in [-0.39, 0.29) is 5.56 Å². The van der Waals surface area contributed by atoms with Crippen molar-refractivity contribution in [1.29, 1.82) is 0 Å². The number of aromatic amines is 1. The number of carbonyl (C=O) groups excluding carboxylic acids is 1. The third kappa shape index (κ3) is 3.36. The molecule has 0 unspecified atom stereocenters. The molecule has 25 heavy (non-hydrogen) atoms. The van der Waals surface area contributed by atoms with Gasteiger partial charge in [-0.3, -0.25) is 4.79 Å². The molecule has 130 valence electrons. The third-order valence-electron chi connectivity index (χ3n) is 3.53. The number of amides is 1. The number of nitrogens with one attached hydrogen (secondary N) is 2. The molecule has 0 bridgehead atoms. The van der Waals surface area contributed by atoms with Crippen LogP contribution in [0.5, 0.6) is 0 Å². The molecule has 3 rings (SSSR count). The van der Waals surface area contributed by atoms with Gasteiger partial charge < -0.3 is 10.3 Å². The zero-order valence-corrected chi connectivity index (χ0v) is 14.5. The lowest BCUT2D eigenvalue weighted by Gasteiger charge is -2.10. The van der Waals surface area contributed by atoms with E-state index in [1.54, 1.807) is 12.1 Å². The Labute approximate surface area is 152 Å². The van der Waals surface area contributed by atoms with Crippen molar-refractivity contribution in [2.75, 3.05) is 5.32 Å². The standard InChI is InChI=1S/C16H8BrClF4N2O/c17-10-3-2-8-9(6-23-14(8)13(10)18)15(25)24-12-5-7(16(20,21)22)1-4-11(12)19/h1-6,23H,(H,24,25). The highest BCUT2D eigenvalue weighted by Gasteiger charge is 2.31. The molecule has 3 aromatic rings. The van der Waals surface area contributed by atoms with Crippen LogP contribution in [0.25, 0.3) is 10.9 Å². The van der Waals surface area contributed by atoms with Gasteiger partial charge in [0.1, 0.15) is 5.82 Å². The molecule has 2 N–H and O–H groups in total. The molecule has 1 heterocycles. The highest BCUT2D eigenvalue weighted by molar-refractivity contribution is 9.10. The van der Waals surface area contributed by atoms with E-state index in [2.05, 4.69) is 26.2 Å². The molecular formula is C16H8BrClF4N2O. The van der Waals surface area contributed by atoms with Crippen LogP contribution in [0, 0.1) is 5.82 Å². The van der Waals surface area contributed by atoms with Crippen molar-refractivity contribution in [3.05, 3.63) is 63.0 Å². The van der Waals surface area contributed by atoms with Crippen LogP contribution < -0.4 is 5.32 Å². The van der Waals surface area contributed by atoms with Crippen molar-refractivity contribution in [2.24, 2.45) is 0 Å². The normalized spacial score (nSPS) is 11.8. The number of alkyl halides is 3. The molecule has 9 heteroatoms. The Bertz CT molecular complexity index is 984. The van der Waals surface area contributed by atoms with E-state index < -0.39 is 29.2 Å². The Morgan fingerprint density at radius 2 is 1.92 bits per heavy atom. The lowest BCUT2D eigenvalue weighted by atomic mass is 10.1. The van der Waals surface area contributed by atoms with Gasteiger partial charge >= 0.3 is 6.18 Å². The molecule has 0 aliphatic heterocycles. The summed E-state index contributed by atoms with van der Waals surface area (Å²) in [6.45, 7) is 0. The number of aromatic nitrogens is 1. The minimum atomic E-state index is -4.65. The summed E-state index contributed by atoms with van der Waals surface area (Å²) in [6, 6.07) is 5.04. The molecule has 0 aliphatic rings. The second-order valence-corrected chi connectivity index (χ2v) is 6.37. The second kappa shape index (κ2) is 6.34. The number of hydrogen-bond donors (Lipinski definition) is 2. The van der Waals surface area contributed by atoms with E-state index >= 15 is 0 Å². The fourth-order valence-electron chi connectivity index (χ4n) is 2.31. The topological polar surface area (TPSA) is 44.9 Å². The van der Waals surface area contributed by atoms with Crippen LogP contribution in [0.1, 0.15) is 15.9 Å². The van der Waals surface area contributed by atoms with Crippen molar-refractivity contribution < 1.29 is 22.4 Å². The molecule has 1 aromatic heterocycles. The van der Waals surface area contributed by atoms with E-state index in [9.17, 15) is 22.4 Å². The molecule has 0 saturated heterocycles. The van der Waals surface area contributed by atoms with Gasteiger partial charge in [-0.1, -0.05) is 17.7 Å². The summed E-state index contributed by atoms with van der Waals surface area (Å²) < 4.78 is 52.6. The summed E-state index contributed by atoms with van der Waals surface area (Å²) in [4.78, 5) is 15.2. The van der Waals surface area contributed by atoms with Crippen molar-refractivity contribution in [3.63, 3.8) is 0 Å². The molecule has 0 atom stereocenters. The van der Waals surface area contributed by atoms with Gasteiger partial charge in [0.15, 0.2) is 0 Å². The van der Waals surface area contributed by atoms with Gasteiger partial charge in [0, 0.05) is 16.1 Å². The van der Waals surface area contributed by atoms with E-state index in [4.69, 9.17) is 11.6 Å². The number of H-pyrrole nitrogens is 1. The number of fused-ring (bicyclic) bond motifs is 1. The average molecular weight is 436 g/mol. The van der Waals surface area contributed by atoms with Gasteiger partial charge in [-0.15, -0.1) is 0 Å². The summed E-state index contributed by atoms with van der Waals surface area (Å²) in [6.07, 6.45) is -3.29. The van der Waals surface area contributed by atoms with Crippen molar-refractivity contribution in [2.45, 2.75) is 6.18 Å². The van der Waals surface area contributed by atoms with Crippen LogP contribution in [0.15, 0.2) is 41.0 Å². The van der Waals surface area contributed by atoms with Crippen molar-refractivity contribution in [3.8, 4) is 0 Å². The Morgan fingerprint density at radius 3 is 2.60 bits per heavy atom. The fraction of sp³-hybridized carbons (Fsp3) is 0.0625. The van der Waals surface area contributed by atoms with E-state index in [0.717, 1.165) is 0 Å². The largest absolute Gasteiger partial charge is 0.416 e. The van der Waals surface area contributed by atoms with Gasteiger partial charge in [-0.25, -0.2) is 4.39 Å². The minimum absolute atomic E-state index is 0.126. The van der Waals surface area contributed by atoms with Gasteiger partial charge in [-0.2, -0.15) is 13.2 Å². The van der Waals surface area contributed by atoms with Crippen LogP contribution in [-0.4, -0.2) is 10.9 Å². The lowest BCUT2D eigenvalue weighted by Crippen LogP contribution is -2.14. The summed E-state index contributed by atoms with van der Waals surface area (Å²) in [5, 5.41) is 2.97. The molecule has 0 fully saturated rings. The SMILES string of the molecule is O=C(Nc1cc(C(F)(F)F)ccc1F)c1c[nH]c2c(Cl)c(Br)ccc12. The highest BCUT2D eigenvalue weighted by Crippen LogP contribution is 2.34. The molecule has 0 aliphatic carbocycles. The van der Waals surface area contributed by atoms with Crippen LogP contribution in [0.4, 0.5) is 23.2 Å². The third-order valence-corrected chi connectivity index (χ3v) is 4.81. The van der Waals surface area contributed by atoms with Crippen molar-refractivity contribution in [1.82, 2.24) is 4.98 Å². The molecule has 0 spiro atoms. The van der Waals surface area contributed by atoms with E-state index in [1.165, 1.54) is 6.20 Å². The number of rotatable bonds is 2. The van der Waals surface area contributed by atoms with E-state index in [0.29, 0.717) is 38.6 Å². The Morgan fingerprint density at radius 1 is 1.20 bits per heavy atom. The molecule has 0 radical (unpaired) electrons. The maximum atomic E-state index is 13.8. The van der Waals surface area contributed by atoms with Gasteiger partial charge in [0.25, 0.3) is 5.91 Å². The number of halogens is 6. The predicted molar refractivity (Wildman–Crippen MR) is 90.4 cm³/mol. The van der Waals surface area contributed by atoms with Crippen LogP contribution in [-0.2, 0) is 6.18 Å². The van der Waals surface area contributed by atoms with E-state index in [1.807, 2.05) is 0 Å². The van der Waals surface area contributed by atoms with Crippen molar-refractivity contribution >= 4 is 50.0 Å². The zero-order chi connectivity index (χ0) is 18.4. The van der Waals surface area contributed by atoms with Crippen LogP contribution in [0.3, 0.4) is 0 Å². The lowest BCUT2D eigenvalue weighted by molar-refractivity contribution is -0.137. The zero-order valence-electron chi connectivity index (χ0n) is 12.1. The number of hydrogen-bond acceptors (Lipinski definition) is 1. The summed E-state index contributed by atoms with van der Waals surface area (Å²) >= 11 is 9.35. The Kier molecular flexibility index (Phi) is 4.51. The highest BCUT2D eigenvalue weighted by atomic mass is 79.9. The quantitative estimate of drug-likeness (QED) is 0.477. The number of carbonyl (C=O) groups is 1. The molecule has 2 aromatic carbocycles. The van der Waals surface area contributed by atoms with Crippen LogP contribution >= 0.6 is 27.5 Å². The average Bonchev–Trinajstić information content (AvgIpc) is 2.96. The second-order valence-electron chi connectivity index (χ2n) is 5.13. The molecular weight excluding hydrogens is 428 g/mol. The van der Waals surface area contributed by atoms with Gasteiger partial charge in [-0.05, 0) is 40.2 Å². The maximum absolute atomic E-state index is 13.8. The summed E-state index contributed by atoms with van der Waals surface area (Å²) in [5.41, 5.74) is -1.01. The first-order valence-electron chi connectivity index (χ1n) is 6.81. The monoisotopic (exact) mass is 434 g/mol. The maximum Gasteiger partial charge on any atom is 0.416 e. The summed E-state index contributed by atoms with van der Waals surface area (Å²) in [5.74, 6) is -1.73. The van der Waals surface area contributed by atoms with Gasteiger partial charge in [0.05, 0.1) is 27.4 Å². The van der Waals surface area contributed by atoms with Gasteiger partial charge in [0.2, 0.25) is 0 Å². The first kappa shape index (κ1) is 17.8. The Balaban J connectivity index is 1.97. The fourth-order valence-corrected chi connectivity index (χ4v) is 2.86. The predicted octanol–water partition coefficient (Wildman–Crippen LogP) is 5.99. The Hall–Kier alpha value is -2.06. The minimum Gasteiger partial charge on any atom is -0.359 e. The molecule has 3 nitrogen and oxygen atoms in total. The smallest absolute Gasteiger partial charge is 0.359 e. The number of benzene rings is 2. The number of anilines is 1.